The Bertz CT molecular complexity index is 1170. The Balaban J connectivity index is 1.36. The van der Waals surface area contributed by atoms with Gasteiger partial charge in [0.1, 0.15) is 5.82 Å². The zero-order valence-corrected chi connectivity index (χ0v) is 17.6. The van der Waals surface area contributed by atoms with E-state index >= 15 is 0 Å². The lowest BCUT2D eigenvalue weighted by molar-refractivity contribution is 0.0950. The highest BCUT2D eigenvalue weighted by Gasteiger charge is 2.12. The van der Waals surface area contributed by atoms with Crippen LogP contribution in [0.5, 0.6) is 0 Å². The fraction of sp³-hybridized carbons (Fsp3) is 0.190. The highest BCUT2D eigenvalue weighted by molar-refractivity contribution is 6.31. The first kappa shape index (κ1) is 20.5. The van der Waals surface area contributed by atoms with Crippen LogP contribution < -0.4 is 10.6 Å². The number of benzene rings is 1. The van der Waals surface area contributed by atoms with Crippen LogP contribution in [0.1, 0.15) is 28.8 Å². The molecule has 9 nitrogen and oxygen atoms in total. The summed E-state index contributed by atoms with van der Waals surface area (Å²) in [6, 6.07) is 11.0. The number of carbonyl (C=O) groups is 1. The summed E-state index contributed by atoms with van der Waals surface area (Å²) in [4.78, 5) is 21.1. The molecular formula is C21H21ClN8O. The number of aromatic amines is 1. The average molecular weight is 437 g/mol. The minimum Gasteiger partial charge on any atom is -0.378 e. The van der Waals surface area contributed by atoms with Gasteiger partial charge in [0, 0.05) is 35.8 Å². The van der Waals surface area contributed by atoms with Gasteiger partial charge in [-0.05, 0) is 37.3 Å². The summed E-state index contributed by atoms with van der Waals surface area (Å²) in [5.41, 5.74) is 3.01. The van der Waals surface area contributed by atoms with Crippen molar-refractivity contribution in [3.8, 4) is 11.4 Å². The second kappa shape index (κ2) is 9.40. The van der Waals surface area contributed by atoms with Gasteiger partial charge in [0.2, 0.25) is 0 Å². The molecule has 3 heterocycles. The highest BCUT2D eigenvalue weighted by Crippen LogP contribution is 2.16. The van der Waals surface area contributed by atoms with Crippen LogP contribution in [0.2, 0.25) is 5.02 Å². The van der Waals surface area contributed by atoms with E-state index in [0.29, 0.717) is 41.9 Å². The van der Waals surface area contributed by atoms with Gasteiger partial charge in [0.15, 0.2) is 5.82 Å². The number of hydrogen-bond acceptors (Lipinski definition) is 6. The van der Waals surface area contributed by atoms with Gasteiger partial charge < -0.3 is 10.6 Å². The van der Waals surface area contributed by atoms with Gasteiger partial charge in [-0.15, -0.1) is 0 Å². The smallest absolute Gasteiger partial charge is 0.251 e. The first-order valence-electron chi connectivity index (χ1n) is 9.78. The van der Waals surface area contributed by atoms with E-state index in [1.54, 1.807) is 35.4 Å². The molecule has 10 heteroatoms. The van der Waals surface area contributed by atoms with Crippen LogP contribution in [-0.2, 0) is 19.6 Å². The number of nitrogens with zero attached hydrogens (tertiary/aromatic N) is 5. The molecule has 0 bridgehead atoms. The molecule has 0 aliphatic heterocycles. The largest absolute Gasteiger partial charge is 0.378 e. The monoisotopic (exact) mass is 436 g/mol. The van der Waals surface area contributed by atoms with Gasteiger partial charge in [-0.2, -0.15) is 10.2 Å². The van der Waals surface area contributed by atoms with Crippen molar-refractivity contribution in [2.24, 2.45) is 0 Å². The second-order valence-corrected chi connectivity index (χ2v) is 7.12. The molecule has 31 heavy (non-hydrogen) atoms. The van der Waals surface area contributed by atoms with E-state index < -0.39 is 0 Å². The van der Waals surface area contributed by atoms with Crippen molar-refractivity contribution in [3.05, 3.63) is 77.1 Å². The molecule has 3 aromatic heterocycles. The van der Waals surface area contributed by atoms with E-state index in [2.05, 4.69) is 35.9 Å². The van der Waals surface area contributed by atoms with Crippen molar-refractivity contribution in [2.75, 3.05) is 5.32 Å². The van der Waals surface area contributed by atoms with Gasteiger partial charge in [-0.3, -0.25) is 19.6 Å². The molecular weight excluding hydrogens is 416 g/mol. The number of nitrogens with one attached hydrogen (secondary N) is 3. The van der Waals surface area contributed by atoms with Crippen LogP contribution in [0.25, 0.3) is 11.4 Å². The summed E-state index contributed by atoms with van der Waals surface area (Å²) in [7, 11) is 0. The molecule has 1 aromatic carbocycles. The molecule has 4 rings (SSSR count). The normalized spacial score (nSPS) is 10.8. The Labute approximate surface area is 183 Å². The predicted molar refractivity (Wildman–Crippen MR) is 117 cm³/mol. The molecule has 3 N–H and O–H groups in total. The molecule has 0 aliphatic carbocycles. The first-order valence-corrected chi connectivity index (χ1v) is 10.2. The third-order valence-corrected chi connectivity index (χ3v) is 4.98. The molecule has 158 valence electrons. The SMILES string of the molecule is CCn1ncc(Cl)c1CNC(=O)c1cccc(NCc2nc(-c3ccncc3)n[nH]2)c1. The Morgan fingerprint density at radius 3 is 2.84 bits per heavy atom. The molecule has 1 amide bonds. The maximum absolute atomic E-state index is 12.6. The predicted octanol–water partition coefficient (Wildman–Crippen LogP) is 3.28. The van der Waals surface area contributed by atoms with Gasteiger partial charge in [-0.1, -0.05) is 17.7 Å². The number of hydrogen-bond donors (Lipinski definition) is 3. The maximum atomic E-state index is 12.6. The van der Waals surface area contributed by atoms with Crippen LogP contribution in [0, 0.1) is 0 Å². The molecule has 0 saturated carbocycles. The van der Waals surface area contributed by atoms with Crippen molar-refractivity contribution in [3.63, 3.8) is 0 Å². The summed E-state index contributed by atoms with van der Waals surface area (Å²) in [6.07, 6.45) is 4.98. The van der Waals surface area contributed by atoms with Crippen LogP contribution in [0.4, 0.5) is 5.69 Å². The fourth-order valence-electron chi connectivity index (χ4n) is 3.06. The molecule has 0 fully saturated rings. The second-order valence-electron chi connectivity index (χ2n) is 6.71. The lowest BCUT2D eigenvalue weighted by Crippen LogP contribution is -2.24. The van der Waals surface area contributed by atoms with E-state index in [-0.39, 0.29) is 5.91 Å². The number of anilines is 1. The number of rotatable bonds is 8. The number of H-pyrrole nitrogens is 1. The van der Waals surface area contributed by atoms with E-state index in [0.717, 1.165) is 16.9 Å². The van der Waals surface area contributed by atoms with Crippen molar-refractivity contribution in [1.29, 1.82) is 0 Å². The van der Waals surface area contributed by atoms with Crippen molar-refractivity contribution >= 4 is 23.2 Å². The van der Waals surface area contributed by atoms with E-state index in [1.165, 1.54) is 0 Å². The van der Waals surface area contributed by atoms with Gasteiger partial charge in [0.25, 0.3) is 5.91 Å². The van der Waals surface area contributed by atoms with Crippen molar-refractivity contribution in [1.82, 2.24) is 35.3 Å². The zero-order chi connectivity index (χ0) is 21.6. The topological polar surface area (TPSA) is 113 Å². The number of aromatic nitrogens is 6. The number of amides is 1. The summed E-state index contributed by atoms with van der Waals surface area (Å²) in [5.74, 6) is 1.10. The molecule has 4 aromatic rings. The van der Waals surface area contributed by atoms with Crippen LogP contribution >= 0.6 is 11.6 Å². The van der Waals surface area contributed by atoms with Crippen molar-refractivity contribution < 1.29 is 4.79 Å². The third-order valence-electron chi connectivity index (χ3n) is 4.67. The van der Waals surface area contributed by atoms with E-state index in [1.807, 2.05) is 31.2 Å². The molecule has 0 radical (unpaired) electrons. The maximum Gasteiger partial charge on any atom is 0.251 e. The van der Waals surface area contributed by atoms with Crippen molar-refractivity contribution in [2.45, 2.75) is 26.6 Å². The molecule has 0 aliphatic rings. The quantitative estimate of drug-likeness (QED) is 0.390. The van der Waals surface area contributed by atoms with E-state index in [4.69, 9.17) is 11.6 Å². The lowest BCUT2D eigenvalue weighted by Gasteiger charge is -2.09. The Hall–Kier alpha value is -3.72. The third kappa shape index (κ3) is 4.89. The molecule has 0 saturated heterocycles. The zero-order valence-electron chi connectivity index (χ0n) is 16.8. The van der Waals surface area contributed by atoms with Gasteiger partial charge in [-0.25, -0.2) is 4.98 Å². The summed E-state index contributed by atoms with van der Waals surface area (Å²) in [6.45, 7) is 3.40. The van der Waals surface area contributed by atoms with Crippen LogP contribution in [-0.4, -0.2) is 35.9 Å². The van der Waals surface area contributed by atoms with E-state index in [9.17, 15) is 4.79 Å². The highest BCUT2D eigenvalue weighted by atomic mass is 35.5. The molecule has 0 atom stereocenters. The van der Waals surface area contributed by atoms with Crippen LogP contribution in [0.15, 0.2) is 55.0 Å². The molecule has 0 unspecified atom stereocenters. The Kier molecular flexibility index (Phi) is 6.23. The summed E-state index contributed by atoms with van der Waals surface area (Å²) >= 11 is 6.16. The average Bonchev–Trinajstić information content (AvgIpc) is 3.43. The van der Waals surface area contributed by atoms with Crippen LogP contribution in [0.3, 0.4) is 0 Å². The standard InChI is InChI=1S/C21H21ClN8O/c1-2-30-18(17(22)11-26-30)12-25-21(31)15-4-3-5-16(10-15)24-13-19-27-20(29-28-19)14-6-8-23-9-7-14/h3-11,24H,2,12-13H2,1H3,(H,25,31)(H,27,28,29). The summed E-state index contributed by atoms with van der Waals surface area (Å²) < 4.78 is 1.76. The van der Waals surface area contributed by atoms with Gasteiger partial charge >= 0.3 is 0 Å². The summed E-state index contributed by atoms with van der Waals surface area (Å²) in [5, 5.41) is 18.0. The minimum atomic E-state index is -0.191. The van der Waals surface area contributed by atoms with Gasteiger partial charge in [0.05, 0.1) is 30.0 Å². The number of aryl methyl sites for hydroxylation is 1. The lowest BCUT2D eigenvalue weighted by atomic mass is 10.2. The minimum absolute atomic E-state index is 0.191. The number of pyridine rings is 1. The Morgan fingerprint density at radius 2 is 2.03 bits per heavy atom. The fourth-order valence-corrected chi connectivity index (χ4v) is 3.27. The first-order chi connectivity index (χ1) is 15.1. The Morgan fingerprint density at radius 1 is 1.19 bits per heavy atom. The number of halogens is 1. The molecule has 0 spiro atoms. The number of carbonyl (C=O) groups excluding carboxylic acids is 1.